The molecule has 17 heavy (non-hydrogen) atoms. The van der Waals surface area contributed by atoms with Gasteiger partial charge in [0.05, 0.1) is 5.56 Å². The van der Waals surface area contributed by atoms with E-state index >= 15 is 0 Å². The third-order valence-corrected chi connectivity index (χ3v) is 2.45. The van der Waals surface area contributed by atoms with Crippen LogP contribution in [-0.4, -0.2) is 15.2 Å². The van der Waals surface area contributed by atoms with Crippen LogP contribution in [0.4, 0.5) is 0 Å². The van der Waals surface area contributed by atoms with Gasteiger partial charge in [0.2, 0.25) is 0 Å². The molecule has 0 atom stereocenters. The summed E-state index contributed by atoms with van der Waals surface area (Å²) in [6.45, 7) is 2.17. The lowest BCUT2D eigenvalue weighted by Gasteiger charge is -1.95. The highest BCUT2D eigenvalue weighted by atomic mass is 15.1. The Morgan fingerprint density at radius 3 is 3.12 bits per heavy atom. The molecule has 3 heteroatoms. The molecule has 0 aliphatic heterocycles. The van der Waals surface area contributed by atoms with E-state index in [2.05, 4.69) is 33.9 Å². The summed E-state index contributed by atoms with van der Waals surface area (Å²) in [5.41, 5.74) is 2.81. The average Bonchev–Trinajstić information content (AvgIpc) is 2.84. The van der Waals surface area contributed by atoms with Crippen LogP contribution in [0.25, 0.3) is 11.3 Å². The van der Waals surface area contributed by atoms with E-state index in [0.717, 1.165) is 29.7 Å². The summed E-state index contributed by atoms with van der Waals surface area (Å²) in [5.74, 6) is 6.32. The fourth-order valence-corrected chi connectivity index (χ4v) is 1.53. The van der Waals surface area contributed by atoms with Crippen molar-refractivity contribution in [1.82, 2.24) is 15.2 Å². The number of unbranched alkanes of at least 4 members (excludes halogenated alkanes) is 2. The zero-order valence-corrected chi connectivity index (χ0v) is 9.90. The van der Waals surface area contributed by atoms with Crippen LogP contribution in [0, 0.1) is 11.8 Å². The Bertz CT molecular complexity index is 517. The van der Waals surface area contributed by atoms with Gasteiger partial charge < -0.3 is 0 Å². The molecule has 0 aliphatic rings. The summed E-state index contributed by atoms with van der Waals surface area (Å²) >= 11 is 0. The third-order valence-electron chi connectivity index (χ3n) is 2.45. The van der Waals surface area contributed by atoms with Crippen molar-refractivity contribution < 1.29 is 0 Å². The summed E-state index contributed by atoms with van der Waals surface area (Å²) in [6.07, 6.45) is 8.65. The maximum absolute atomic E-state index is 4.22. The molecule has 3 nitrogen and oxygen atoms in total. The maximum Gasteiger partial charge on any atom is 0.109 e. The van der Waals surface area contributed by atoms with Gasteiger partial charge in [-0.3, -0.25) is 10.1 Å². The predicted octanol–water partition coefficient (Wildman–Crippen LogP) is 3.01. The van der Waals surface area contributed by atoms with Crippen LogP contribution in [0.5, 0.6) is 0 Å². The van der Waals surface area contributed by atoms with Gasteiger partial charge in [-0.1, -0.05) is 25.2 Å². The van der Waals surface area contributed by atoms with E-state index in [1.165, 1.54) is 6.42 Å². The number of aromatic nitrogens is 3. The van der Waals surface area contributed by atoms with Crippen molar-refractivity contribution in [2.45, 2.75) is 26.2 Å². The number of hydrogen-bond acceptors (Lipinski definition) is 2. The average molecular weight is 225 g/mol. The Morgan fingerprint density at radius 1 is 1.41 bits per heavy atom. The molecule has 0 aliphatic carbocycles. The van der Waals surface area contributed by atoms with E-state index in [9.17, 15) is 0 Å². The molecule has 0 saturated heterocycles. The minimum absolute atomic E-state index is 0.877. The number of H-pyrrole nitrogens is 1. The fourth-order valence-electron chi connectivity index (χ4n) is 1.53. The van der Waals surface area contributed by atoms with Gasteiger partial charge in [-0.25, -0.2) is 0 Å². The molecule has 0 unspecified atom stereocenters. The van der Waals surface area contributed by atoms with E-state index in [0.29, 0.717) is 0 Å². The van der Waals surface area contributed by atoms with E-state index in [1.54, 1.807) is 12.4 Å². The van der Waals surface area contributed by atoms with Crippen LogP contribution in [0.1, 0.15) is 31.7 Å². The SMILES string of the molecule is CCCCC#Cc1c[nH]nc1-c1cccnc1. The van der Waals surface area contributed by atoms with Crippen LogP contribution < -0.4 is 0 Å². The number of nitrogens with one attached hydrogen (secondary N) is 1. The first-order chi connectivity index (χ1) is 8.42. The molecule has 0 bridgehead atoms. The first kappa shape index (κ1) is 11.4. The zero-order chi connectivity index (χ0) is 11.9. The Morgan fingerprint density at radius 2 is 2.35 bits per heavy atom. The lowest BCUT2D eigenvalue weighted by atomic mass is 10.1. The molecular formula is C14H15N3. The van der Waals surface area contributed by atoms with E-state index in [-0.39, 0.29) is 0 Å². The molecule has 0 spiro atoms. The quantitative estimate of drug-likeness (QED) is 0.644. The van der Waals surface area contributed by atoms with Gasteiger partial charge in [-0.2, -0.15) is 5.10 Å². The second-order valence-corrected chi connectivity index (χ2v) is 3.79. The van der Waals surface area contributed by atoms with Gasteiger partial charge in [0.1, 0.15) is 5.69 Å². The molecule has 0 saturated carbocycles. The predicted molar refractivity (Wildman–Crippen MR) is 68.2 cm³/mol. The molecule has 0 radical (unpaired) electrons. The van der Waals surface area contributed by atoms with Gasteiger partial charge >= 0.3 is 0 Å². The van der Waals surface area contributed by atoms with Crippen LogP contribution >= 0.6 is 0 Å². The molecular weight excluding hydrogens is 210 g/mol. The Labute approximate surface area is 101 Å². The second-order valence-electron chi connectivity index (χ2n) is 3.79. The molecule has 2 heterocycles. The van der Waals surface area contributed by atoms with E-state index in [4.69, 9.17) is 0 Å². The highest BCUT2D eigenvalue weighted by Crippen LogP contribution is 2.18. The van der Waals surface area contributed by atoms with Crippen molar-refractivity contribution in [2.75, 3.05) is 0 Å². The van der Waals surface area contributed by atoms with Gasteiger partial charge in [0.25, 0.3) is 0 Å². The van der Waals surface area contributed by atoms with Crippen LogP contribution in [-0.2, 0) is 0 Å². The van der Waals surface area contributed by atoms with Crippen molar-refractivity contribution in [2.24, 2.45) is 0 Å². The summed E-state index contributed by atoms with van der Waals surface area (Å²) in [7, 11) is 0. The number of aromatic amines is 1. The summed E-state index contributed by atoms with van der Waals surface area (Å²) in [4.78, 5) is 4.09. The number of pyridine rings is 1. The Balaban J connectivity index is 2.20. The first-order valence-electron chi connectivity index (χ1n) is 5.85. The topological polar surface area (TPSA) is 41.6 Å². The number of hydrogen-bond donors (Lipinski definition) is 1. The molecule has 86 valence electrons. The molecule has 2 aromatic heterocycles. The minimum atomic E-state index is 0.877. The van der Waals surface area contributed by atoms with E-state index < -0.39 is 0 Å². The lowest BCUT2D eigenvalue weighted by Crippen LogP contribution is -1.82. The minimum Gasteiger partial charge on any atom is -0.284 e. The zero-order valence-electron chi connectivity index (χ0n) is 9.90. The van der Waals surface area contributed by atoms with E-state index in [1.807, 2.05) is 18.3 Å². The number of nitrogens with zero attached hydrogens (tertiary/aromatic N) is 2. The van der Waals surface area contributed by atoms with Gasteiger partial charge in [-0.15, -0.1) is 0 Å². The maximum atomic E-state index is 4.22. The lowest BCUT2D eigenvalue weighted by molar-refractivity contribution is 0.828. The van der Waals surface area contributed by atoms with Crippen molar-refractivity contribution in [1.29, 1.82) is 0 Å². The smallest absolute Gasteiger partial charge is 0.109 e. The standard InChI is InChI=1S/C14H15N3/c1-2-3-4-5-7-13-11-16-17-14(13)12-8-6-9-15-10-12/h6,8-11H,2-4H2,1H3,(H,16,17). The summed E-state index contributed by atoms with van der Waals surface area (Å²) in [5, 5.41) is 7.08. The number of rotatable bonds is 3. The monoisotopic (exact) mass is 225 g/mol. The molecule has 0 amide bonds. The molecule has 0 aromatic carbocycles. The molecule has 2 rings (SSSR count). The Hall–Kier alpha value is -2.08. The second kappa shape index (κ2) is 5.86. The van der Waals surface area contributed by atoms with Crippen LogP contribution in [0.2, 0.25) is 0 Å². The highest BCUT2D eigenvalue weighted by Gasteiger charge is 2.05. The Kier molecular flexibility index (Phi) is 3.93. The van der Waals surface area contributed by atoms with Crippen molar-refractivity contribution in [3.63, 3.8) is 0 Å². The van der Waals surface area contributed by atoms with Crippen LogP contribution in [0.3, 0.4) is 0 Å². The summed E-state index contributed by atoms with van der Waals surface area (Å²) < 4.78 is 0. The molecule has 0 fully saturated rings. The first-order valence-corrected chi connectivity index (χ1v) is 5.85. The highest BCUT2D eigenvalue weighted by molar-refractivity contribution is 5.65. The normalized spacial score (nSPS) is 9.71. The third kappa shape index (κ3) is 2.94. The van der Waals surface area contributed by atoms with Crippen molar-refractivity contribution >= 4 is 0 Å². The van der Waals surface area contributed by atoms with Crippen molar-refractivity contribution in [3.05, 3.63) is 36.3 Å². The molecule has 2 aromatic rings. The van der Waals surface area contributed by atoms with Gasteiger partial charge in [0.15, 0.2) is 0 Å². The van der Waals surface area contributed by atoms with Crippen LogP contribution in [0.15, 0.2) is 30.7 Å². The van der Waals surface area contributed by atoms with Gasteiger partial charge in [-0.05, 0) is 18.6 Å². The van der Waals surface area contributed by atoms with Gasteiger partial charge in [0, 0.05) is 30.6 Å². The largest absolute Gasteiger partial charge is 0.284 e. The molecule has 1 N–H and O–H groups in total. The van der Waals surface area contributed by atoms with Crippen molar-refractivity contribution in [3.8, 4) is 23.1 Å². The summed E-state index contributed by atoms with van der Waals surface area (Å²) in [6, 6.07) is 3.89. The fraction of sp³-hybridized carbons (Fsp3) is 0.286.